The Morgan fingerprint density at radius 2 is 1.94 bits per heavy atom. The molecule has 1 aliphatic rings. The minimum absolute atomic E-state index is 0.100. The molecule has 0 radical (unpaired) electrons. The van der Waals surface area contributed by atoms with Crippen molar-refractivity contribution in [3.8, 4) is 28.5 Å². The summed E-state index contributed by atoms with van der Waals surface area (Å²) in [7, 11) is 3.20. The van der Waals surface area contributed by atoms with Crippen molar-refractivity contribution in [1.82, 2.24) is 15.1 Å². The number of nitrogens with zero attached hydrogens (tertiary/aromatic N) is 2. The summed E-state index contributed by atoms with van der Waals surface area (Å²) in [6, 6.07) is 12.2. The lowest BCUT2D eigenvalue weighted by Crippen LogP contribution is -2.32. The number of benzene rings is 2. The van der Waals surface area contributed by atoms with Gasteiger partial charge in [0.25, 0.3) is 5.91 Å². The van der Waals surface area contributed by atoms with Crippen LogP contribution in [0.15, 0.2) is 42.5 Å². The lowest BCUT2D eigenvalue weighted by atomic mass is 9.95. The summed E-state index contributed by atoms with van der Waals surface area (Å²) in [5, 5.41) is 17.7. The number of fused-ring (bicyclic) bond motifs is 1. The predicted molar refractivity (Wildman–Crippen MR) is 124 cm³/mol. The molecule has 8 nitrogen and oxygen atoms in total. The van der Waals surface area contributed by atoms with Crippen LogP contribution in [-0.2, 0) is 4.74 Å². The molecule has 1 amide bonds. The van der Waals surface area contributed by atoms with Crippen LogP contribution in [-0.4, -0.2) is 60.1 Å². The number of para-hydroxylation sites is 1. The Hall–Kier alpha value is -3.52. The molecule has 33 heavy (non-hydrogen) atoms. The molecule has 3 aromatic rings. The van der Waals surface area contributed by atoms with Crippen LogP contribution in [0.25, 0.3) is 11.3 Å². The van der Waals surface area contributed by atoms with E-state index < -0.39 is 6.04 Å². The highest BCUT2D eigenvalue weighted by molar-refractivity contribution is 6.00. The number of ether oxygens (including phenoxy) is 3. The number of phenolic OH excluding ortho intramolecular Hbond substituents is 1. The van der Waals surface area contributed by atoms with E-state index in [1.165, 1.54) is 0 Å². The van der Waals surface area contributed by atoms with E-state index in [2.05, 4.69) is 24.0 Å². The number of carbonyl (C=O) groups excluding carboxylic acids is 1. The predicted octanol–water partition coefficient (Wildman–Crippen LogP) is 4.02. The molecule has 1 aliphatic heterocycles. The first-order valence-electron chi connectivity index (χ1n) is 10.9. The van der Waals surface area contributed by atoms with Gasteiger partial charge in [0.15, 0.2) is 11.5 Å². The third-order valence-corrected chi connectivity index (χ3v) is 5.63. The van der Waals surface area contributed by atoms with E-state index in [4.69, 9.17) is 14.2 Å². The quantitative estimate of drug-likeness (QED) is 0.510. The Kier molecular flexibility index (Phi) is 6.55. The molecule has 0 spiro atoms. The smallest absolute Gasteiger partial charge is 0.273 e. The fourth-order valence-corrected chi connectivity index (χ4v) is 4.07. The molecular formula is C25H29N3O5. The Balaban J connectivity index is 1.82. The van der Waals surface area contributed by atoms with Crippen molar-refractivity contribution in [2.75, 3.05) is 34.0 Å². The van der Waals surface area contributed by atoms with Crippen LogP contribution >= 0.6 is 0 Å². The minimum atomic E-state index is -0.427. The van der Waals surface area contributed by atoms with Crippen molar-refractivity contribution < 1.29 is 24.1 Å². The van der Waals surface area contributed by atoms with E-state index in [1.807, 2.05) is 24.3 Å². The van der Waals surface area contributed by atoms with Crippen LogP contribution in [0.4, 0.5) is 0 Å². The number of hydrogen-bond donors (Lipinski definition) is 2. The lowest BCUT2D eigenvalue weighted by molar-refractivity contribution is 0.0677. The Morgan fingerprint density at radius 3 is 2.64 bits per heavy atom. The second-order valence-corrected chi connectivity index (χ2v) is 8.39. The number of nitrogens with one attached hydrogen (secondary N) is 1. The van der Waals surface area contributed by atoms with E-state index in [-0.39, 0.29) is 11.7 Å². The largest absolute Gasteiger partial charge is 0.507 e. The van der Waals surface area contributed by atoms with Crippen LogP contribution in [0.1, 0.15) is 41.5 Å². The first-order valence-corrected chi connectivity index (χ1v) is 10.9. The molecular weight excluding hydrogens is 422 g/mol. The molecule has 1 aromatic heterocycles. The van der Waals surface area contributed by atoms with E-state index >= 15 is 0 Å². The molecule has 4 rings (SSSR count). The second kappa shape index (κ2) is 9.54. The molecule has 0 saturated heterocycles. The zero-order valence-corrected chi connectivity index (χ0v) is 19.3. The minimum Gasteiger partial charge on any atom is -0.507 e. The normalized spacial score (nSPS) is 15.2. The van der Waals surface area contributed by atoms with Crippen molar-refractivity contribution in [2.45, 2.75) is 19.9 Å². The summed E-state index contributed by atoms with van der Waals surface area (Å²) >= 11 is 0. The van der Waals surface area contributed by atoms with Gasteiger partial charge in [0.1, 0.15) is 17.1 Å². The Bertz CT molecular complexity index is 1140. The molecule has 0 bridgehead atoms. The zero-order valence-electron chi connectivity index (χ0n) is 19.3. The number of rotatable bonds is 9. The van der Waals surface area contributed by atoms with Gasteiger partial charge in [-0.25, -0.2) is 0 Å². The Labute approximate surface area is 193 Å². The van der Waals surface area contributed by atoms with Gasteiger partial charge in [0.05, 0.1) is 26.4 Å². The van der Waals surface area contributed by atoms with E-state index in [9.17, 15) is 9.90 Å². The molecule has 2 N–H and O–H groups in total. The Morgan fingerprint density at radius 1 is 1.15 bits per heavy atom. The molecule has 0 aliphatic carbocycles. The van der Waals surface area contributed by atoms with Crippen LogP contribution in [0.5, 0.6) is 17.2 Å². The van der Waals surface area contributed by atoms with Crippen molar-refractivity contribution in [1.29, 1.82) is 0 Å². The van der Waals surface area contributed by atoms with Crippen molar-refractivity contribution in [2.24, 2.45) is 5.92 Å². The molecule has 0 unspecified atom stereocenters. The maximum atomic E-state index is 13.3. The average molecular weight is 452 g/mol. The second-order valence-electron chi connectivity index (χ2n) is 8.39. The molecule has 0 fully saturated rings. The van der Waals surface area contributed by atoms with Crippen LogP contribution in [0.3, 0.4) is 0 Å². The highest BCUT2D eigenvalue weighted by atomic mass is 16.5. The SMILES string of the molecule is COCCN1C(=O)c2[nH]nc(-c3ccccc3O)c2[C@@H]1c1ccc(OCC(C)C)c(OC)c1. The van der Waals surface area contributed by atoms with Crippen LogP contribution < -0.4 is 9.47 Å². The first kappa shape index (κ1) is 22.7. The highest BCUT2D eigenvalue weighted by Crippen LogP contribution is 2.45. The third-order valence-electron chi connectivity index (χ3n) is 5.63. The number of aromatic amines is 1. The lowest BCUT2D eigenvalue weighted by Gasteiger charge is -2.27. The van der Waals surface area contributed by atoms with Crippen LogP contribution in [0, 0.1) is 5.92 Å². The van der Waals surface area contributed by atoms with E-state index in [0.29, 0.717) is 54.1 Å². The number of phenols is 1. The summed E-state index contributed by atoms with van der Waals surface area (Å²) in [5.41, 5.74) is 3.08. The van der Waals surface area contributed by atoms with Gasteiger partial charge in [0.2, 0.25) is 0 Å². The molecule has 174 valence electrons. The average Bonchev–Trinajstić information content (AvgIpc) is 3.35. The van der Waals surface area contributed by atoms with Crippen molar-refractivity contribution >= 4 is 5.91 Å². The molecule has 0 saturated carbocycles. The van der Waals surface area contributed by atoms with Crippen LogP contribution in [0.2, 0.25) is 0 Å². The molecule has 1 atom stereocenters. The number of aromatic nitrogens is 2. The van der Waals surface area contributed by atoms with E-state index in [1.54, 1.807) is 37.3 Å². The maximum Gasteiger partial charge on any atom is 0.273 e. The fourth-order valence-electron chi connectivity index (χ4n) is 4.07. The summed E-state index contributed by atoms with van der Waals surface area (Å²) in [4.78, 5) is 15.0. The summed E-state index contributed by atoms with van der Waals surface area (Å²) < 4.78 is 16.8. The van der Waals surface area contributed by atoms with Gasteiger partial charge in [-0.15, -0.1) is 0 Å². The molecule has 2 heterocycles. The fraction of sp³-hybridized carbons (Fsp3) is 0.360. The van der Waals surface area contributed by atoms with E-state index in [0.717, 1.165) is 11.1 Å². The topological polar surface area (TPSA) is 96.9 Å². The van der Waals surface area contributed by atoms with Gasteiger partial charge < -0.3 is 24.2 Å². The maximum absolute atomic E-state index is 13.3. The zero-order chi connectivity index (χ0) is 23.5. The first-order chi connectivity index (χ1) is 16.0. The van der Waals surface area contributed by atoms with Gasteiger partial charge in [-0.1, -0.05) is 32.0 Å². The summed E-state index contributed by atoms with van der Waals surface area (Å²) in [5.74, 6) is 1.55. The number of H-pyrrole nitrogens is 1. The number of amides is 1. The number of hydrogen-bond acceptors (Lipinski definition) is 6. The number of carbonyl (C=O) groups is 1. The van der Waals surface area contributed by atoms with Gasteiger partial charge >= 0.3 is 0 Å². The van der Waals surface area contributed by atoms with Gasteiger partial charge in [-0.2, -0.15) is 5.10 Å². The van der Waals surface area contributed by atoms with Crippen molar-refractivity contribution in [3.05, 3.63) is 59.3 Å². The molecule has 2 aromatic carbocycles. The van der Waals surface area contributed by atoms with Crippen molar-refractivity contribution in [3.63, 3.8) is 0 Å². The van der Waals surface area contributed by atoms with Gasteiger partial charge in [-0.3, -0.25) is 9.89 Å². The van der Waals surface area contributed by atoms with Gasteiger partial charge in [-0.05, 0) is 35.7 Å². The monoisotopic (exact) mass is 451 g/mol. The number of aromatic hydroxyl groups is 1. The standard InChI is InChI=1S/C25H29N3O5/c1-15(2)14-33-19-10-9-16(13-20(19)32-4)24-21-22(17-7-5-6-8-18(17)29)26-27-23(21)25(30)28(24)11-12-31-3/h5-10,13,15,24,29H,11-12,14H2,1-4H3,(H,26,27)/t24-/m0/s1. The summed E-state index contributed by atoms with van der Waals surface area (Å²) in [6.07, 6.45) is 0. The summed E-state index contributed by atoms with van der Waals surface area (Å²) in [6.45, 7) is 5.52. The third kappa shape index (κ3) is 4.26. The molecule has 8 heteroatoms. The highest BCUT2D eigenvalue weighted by Gasteiger charge is 2.42. The van der Waals surface area contributed by atoms with Gasteiger partial charge in [0, 0.05) is 24.8 Å². The number of methoxy groups -OCH3 is 2.